The molecule has 0 aliphatic rings. The number of hydrogen-bond donors (Lipinski definition) is 2. The summed E-state index contributed by atoms with van der Waals surface area (Å²) in [7, 11) is 0. The topological polar surface area (TPSA) is 53.4 Å². The largest absolute Gasteiger partial charge is 0.417 e. The first-order valence-corrected chi connectivity index (χ1v) is 3.79. The van der Waals surface area contributed by atoms with Crippen molar-refractivity contribution in [1.82, 2.24) is 4.98 Å². The molecule has 3 nitrogen and oxygen atoms in total. The van der Waals surface area contributed by atoms with E-state index in [1.165, 1.54) is 0 Å². The van der Waals surface area contributed by atoms with Crippen molar-refractivity contribution in [3.05, 3.63) is 28.5 Å². The first-order chi connectivity index (χ1) is 6.32. The number of aliphatic hydroxyl groups is 2. The van der Waals surface area contributed by atoms with E-state index in [1.54, 1.807) is 0 Å². The van der Waals surface area contributed by atoms with E-state index in [4.69, 9.17) is 21.8 Å². The van der Waals surface area contributed by atoms with Gasteiger partial charge in [0.1, 0.15) is 0 Å². The van der Waals surface area contributed by atoms with Crippen molar-refractivity contribution in [3.8, 4) is 0 Å². The van der Waals surface area contributed by atoms with Gasteiger partial charge in [0.25, 0.3) is 0 Å². The summed E-state index contributed by atoms with van der Waals surface area (Å²) in [6.07, 6.45) is -5.96. The molecule has 0 saturated carbocycles. The van der Waals surface area contributed by atoms with Gasteiger partial charge in [-0.25, -0.2) is 0 Å². The van der Waals surface area contributed by atoms with Gasteiger partial charge in [0.05, 0.1) is 16.3 Å². The Balaban J connectivity index is 3.22. The summed E-state index contributed by atoms with van der Waals surface area (Å²) in [5.74, 6) is 0. The molecule has 1 aromatic heterocycles. The molecule has 0 bridgehead atoms. The van der Waals surface area contributed by atoms with Crippen LogP contribution in [0.1, 0.15) is 17.5 Å². The predicted octanol–water partition coefficient (Wildman–Crippen LogP) is 1.74. The molecule has 1 aromatic rings. The zero-order valence-corrected chi connectivity index (χ0v) is 7.34. The average molecular weight is 228 g/mol. The Morgan fingerprint density at radius 1 is 1.36 bits per heavy atom. The summed E-state index contributed by atoms with van der Waals surface area (Å²) in [5, 5.41) is 16.6. The molecule has 7 heteroatoms. The third-order valence-electron chi connectivity index (χ3n) is 1.45. The number of halogens is 4. The van der Waals surface area contributed by atoms with Crippen molar-refractivity contribution in [2.24, 2.45) is 0 Å². The first kappa shape index (κ1) is 11.2. The first-order valence-electron chi connectivity index (χ1n) is 3.41. The van der Waals surface area contributed by atoms with Crippen molar-refractivity contribution in [2.45, 2.75) is 12.5 Å². The van der Waals surface area contributed by atoms with Gasteiger partial charge >= 0.3 is 6.18 Å². The van der Waals surface area contributed by atoms with Gasteiger partial charge in [-0.3, -0.25) is 4.98 Å². The van der Waals surface area contributed by atoms with E-state index < -0.39 is 28.7 Å². The van der Waals surface area contributed by atoms with E-state index in [2.05, 4.69) is 4.98 Å². The van der Waals surface area contributed by atoms with Crippen LogP contribution >= 0.6 is 11.6 Å². The van der Waals surface area contributed by atoms with Crippen LogP contribution in [0.2, 0.25) is 5.02 Å². The third-order valence-corrected chi connectivity index (χ3v) is 1.75. The zero-order chi connectivity index (χ0) is 10.9. The molecule has 0 saturated heterocycles. The van der Waals surface area contributed by atoms with Crippen molar-refractivity contribution >= 4 is 11.6 Å². The van der Waals surface area contributed by atoms with Crippen LogP contribution in [0.3, 0.4) is 0 Å². The molecule has 0 radical (unpaired) electrons. The highest BCUT2D eigenvalue weighted by Gasteiger charge is 2.34. The molecular formula is C7H5ClF3NO2. The van der Waals surface area contributed by atoms with Crippen LogP contribution in [-0.4, -0.2) is 15.2 Å². The van der Waals surface area contributed by atoms with Crippen molar-refractivity contribution in [2.75, 3.05) is 0 Å². The van der Waals surface area contributed by atoms with Gasteiger partial charge in [-0.05, 0) is 6.07 Å². The van der Waals surface area contributed by atoms with Gasteiger partial charge in [0.15, 0.2) is 6.29 Å². The minimum Gasteiger partial charge on any atom is -0.363 e. The lowest BCUT2D eigenvalue weighted by atomic mass is 10.2. The third kappa shape index (κ3) is 2.34. The zero-order valence-electron chi connectivity index (χ0n) is 6.59. The molecule has 0 aliphatic heterocycles. The Morgan fingerprint density at radius 3 is 2.36 bits per heavy atom. The summed E-state index contributed by atoms with van der Waals surface area (Å²) >= 11 is 5.24. The summed E-state index contributed by atoms with van der Waals surface area (Å²) in [4.78, 5) is 3.32. The minimum absolute atomic E-state index is 0.493. The van der Waals surface area contributed by atoms with Gasteiger partial charge in [0, 0.05) is 6.20 Å². The van der Waals surface area contributed by atoms with E-state index in [9.17, 15) is 13.2 Å². The number of nitrogens with zero attached hydrogens (tertiary/aromatic N) is 1. The molecule has 0 unspecified atom stereocenters. The maximum Gasteiger partial charge on any atom is 0.417 e. The summed E-state index contributed by atoms with van der Waals surface area (Å²) < 4.78 is 36.6. The van der Waals surface area contributed by atoms with Crippen molar-refractivity contribution in [1.29, 1.82) is 0 Å². The van der Waals surface area contributed by atoms with Crippen LogP contribution in [0.15, 0.2) is 12.3 Å². The number of pyridine rings is 1. The molecule has 0 spiro atoms. The van der Waals surface area contributed by atoms with Gasteiger partial charge in [-0.2, -0.15) is 13.2 Å². The molecule has 0 atom stereocenters. The van der Waals surface area contributed by atoms with Crippen LogP contribution in [0.5, 0.6) is 0 Å². The van der Waals surface area contributed by atoms with Gasteiger partial charge in [0.2, 0.25) is 0 Å². The van der Waals surface area contributed by atoms with E-state index in [0.29, 0.717) is 6.07 Å². The molecule has 0 fully saturated rings. The summed E-state index contributed by atoms with van der Waals surface area (Å²) in [6, 6.07) is 0.493. The Bertz CT molecular complexity index is 340. The molecular weight excluding hydrogens is 223 g/mol. The highest BCUT2D eigenvalue weighted by atomic mass is 35.5. The van der Waals surface area contributed by atoms with Gasteiger partial charge < -0.3 is 10.2 Å². The summed E-state index contributed by atoms with van der Waals surface area (Å²) in [6.45, 7) is 0. The average Bonchev–Trinajstić information content (AvgIpc) is 2.02. The molecule has 2 N–H and O–H groups in total. The fourth-order valence-electron chi connectivity index (χ4n) is 0.813. The normalized spacial score (nSPS) is 12.2. The molecule has 1 rings (SSSR count). The quantitative estimate of drug-likeness (QED) is 0.719. The number of alkyl halides is 3. The Labute approximate surface area is 81.8 Å². The predicted molar refractivity (Wildman–Crippen MR) is 41.4 cm³/mol. The Morgan fingerprint density at radius 2 is 1.93 bits per heavy atom. The maximum absolute atomic E-state index is 12.2. The smallest absolute Gasteiger partial charge is 0.363 e. The van der Waals surface area contributed by atoms with E-state index in [1.807, 2.05) is 0 Å². The van der Waals surface area contributed by atoms with Crippen LogP contribution in [0.25, 0.3) is 0 Å². The number of aliphatic hydroxyl groups excluding tert-OH is 1. The standard InChI is InChI=1S/C7H5ClF3NO2/c8-4-2-12-5(6(13)14)1-3(4)7(9,10)11/h1-2,6,13-14H. The molecule has 1 heterocycles. The summed E-state index contributed by atoms with van der Waals surface area (Å²) in [5.41, 5.74) is -1.64. The fourth-order valence-corrected chi connectivity index (χ4v) is 1.02. The van der Waals surface area contributed by atoms with Gasteiger partial charge in [-0.1, -0.05) is 11.6 Å². The molecule has 14 heavy (non-hydrogen) atoms. The van der Waals surface area contributed by atoms with Crippen LogP contribution in [-0.2, 0) is 6.18 Å². The fraction of sp³-hybridized carbons (Fsp3) is 0.286. The minimum atomic E-state index is -4.64. The second kappa shape index (κ2) is 3.72. The van der Waals surface area contributed by atoms with Crippen molar-refractivity contribution in [3.63, 3.8) is 0 Å². The lowest BCUT2D eigenvalue weighted by molar-refractivity contribution is -0.137. The van der Waals surface area contributed by atoms with Gasteiger partial charge in [-0.15, -0.1) is 0 Å². The van der Waals surface area contributed by atoms with Crippen LogP contribution in [0.4, 0.5) is 13.2 Å². The Kier molecular flexibility index (Phi) is 2.98. The van der Waals surface area contributed by atoms with Crippen LogP contribution < -0.4 is 0 Å². The molecule has 0 amide bonds. The van der Waals surface area contributed by atoms with Crippen LogP contribution in [0, 0.1) is 0 Å². The lowest BCUT2D eigenvalue weighted by Crippen LogP contribution is -2.09. The van der Waals surface area contributed by atoms with Crippen molar-refractivity contribution < 1.29 is 23.4 Å². The number of rotatable bonds is 1. The Hall–Kier alpha value is -0.850. The van der Waals surface area contributed by atoms with E-state index >= 15 is 0 Å². The highest BCUT2D eigenvalue weighted by molar-refractivity contribution is 6.31. The SMILES string of the molecule is OC(O)c1cc(C(F)(F)F)c(Cl)cn1. The lowest BCUT2D eigenvalue weighted by Gasteiger charge is -2.10. The second-order valence-corrected chi connectivity index (χ2v) is 2.87. The second-order valence-electron chi connectivity index (χ2n) is 2.46. The number of hydrogen-bond acceptors (Lipinski definition) is 3. The van der Waals surface area contributed by atoms with E-state index in [0.717, 1.165) is 6.20 Å². The highest BCUT2D eigenvalue weighted by Crippen LogP contribution is 2.34. The number of aromatic nitrogens is 1. The molecule has 78 valence electrons. The molecule has 0 aromatic carbocycles. The molecule has 0 aliphatic carbocycles. The monoisotopic (exact) mass is 227 g/mol. The van der Waals surface area contributed by atoms with E-state index in [-0.39, 0.29) is 0 Å². The maximum atomic E-state index is 12.2.